The predicted octanol–water partition coefficient (Wildman–Crippen LogP) is 4.29. The van der Waals surface area contributed by atoms with Crippen molar-refractivity contribution >= 4 is 37.1 Å². The van der Waals surface area contributed by atoms with Gasteiger partial charge in [-0.1, -0.05) is 42.5 Å². The Morgan fingerprint density at radius 3 is 2.47 bits per heavy atom. The molecule has 0 bridgehead atoms. The lowest BCUT2D eigenvalue weighted by atomic mass is 10.0. The number of fused-ring (bicyclic) bond motifs is 1. The number of hydrogen-bond acceptors (Lipinski definition) is 13. The molecule has 0 aliphatic carbocycles. The molecule has 5 atom stereocenters. The zero-order chi connectivity index (χ0) is 36.6. The molecule has 0 spiro atoms. The van der Waals surface area contributed by atoms with E-state index in [1.54, 1.807) is 16.6 Å². The molecule has 1 aliphatic rings. The van der Waals surface area contributed by atoms with Gasteiger partial charge in [0.15, 0.2) is 5.82 Å². The zero-order valence-electron chi connectivity index (χ0n) is 28.6. The molecular formula is C34H41N6O10P. The zero-order valence-corrected chi connectivity index (χ0v) is 29.5. The molecule has 0 saturated carbocycles. The summed E-state index contributed by atoms with van der Waals surface area (Å²) in [6.07, 6.45) is 1.48. The second-order valence-electron chi connectivity index (χ2n) is 12.2. The standard InChI is InChI=1S/C34H41N6O10P/c1-22(31(41)45-3)39-51(44,48-20-34(2)17-16-29(49-34)27-14-15-28-30(35)36-21-37-40(27)28)50-25-12-10-23(11-13-25)18-26(32(42)46-4)38-33(43)47-19-24-8-6-5-7-9-24/h5-15,21-22,26,29H,16-20H2,1-4H3,(H,38,43)(H,39,44)(H2,35,36,37)/t22-,26-,29+,34-,51?/m0/s1. The van der Waals surface area contributed by atoms with Crippen molar-refractivity contribution < 1.29 is 46.9 Å². The average Bonchev–Trinajstić information content (AvgIpc) is 3.75. The van der Waals surface area contributed by atoms with Crippen molar-refractivity contribution in [3.8, 4) is 5.75 Å². The number of hydrogen-bond donors (Lipinski definition) is 3. The van der Waals surface area contributed by atoms with Gasteiger partial charge in [-0.3, -0.25) is 9.32 Å². The lowest BCUT2D eigenvalue weighted by Crippen LogP contribution is -2.43. The van der Waals surface area contributed by atoms with E-state index in [9.17, 15) is 18.9 Å². The lowest BCUT2D eigenvalue weighted by Gasteiger charge is -2.28. The van der Waals surface area contributed by atoms with Gasteiger partial charge in [0.1, 0.15) is 42.4 Å². The maximum atomic E-state index is 14.1. The van der Waals surface area contributed by atoms with Crippen LogP contribution in [0.4, 0.5) is 10.6 Å². The summed E-state index contributed by atoms with van der Waals surface area (Å²) in [5, 5.41) is 9.48. The maximum Gasteiger partial charge on any atom is 0.459 e. The van der Waals surface area contributed by atoms with Gasteiger partial charge in [0, 0.05) is 6.42 Å². The molecule has 4 N–H and O–H groups in total. The molecular weight excluding hydrogens is 683 g/mol. The Bertz CT molecular complexity index is 1870. The third-order valence-corrected chi connectivity index (χ3v) is 9.85. The van der Waals surface area contributed by atoms with E-state index in [0.29, 0.717) is 29.7 Å². The van der Waals surface area contributed by atoms with Gasteiger partial charge >= 0.3 is 25.8 Å². The Kier molecular flexibility index (Phi) is 11.9. The van der Waals surface area contributed by atoms with Gasteiger partial charge in [-0.15, -0.1) is 0 Å². The number of nitrogens with two attached hydrogens (primary N) is 1. The molecule has 3 heterocycles. The smallest absolute Gasteiger partial charge is 0.459 e. The van der Waals surface area contributed by atoms with Crippen LogP contribution in [0.2, 0.25) is 0 Å². The van der Waals surface area contributed by atoms with E-state index in [-0.39, 0.29) is 31.5 Å². The number of nitrogen functional groups attached to an aromatic ring is 1. The van der Waals surface area contributed by atoms with E-state index >= 15 is 0 Å². The van der Waals surface area contributed by atoms with Crippen molar-refractivity contribution in [1.29, 1.82) is 0 Å². The normalized spacial score (nSPS) is 19.4. The first-order chi connectivity index (χ1) is 24.4. The number of esters is 2. The van der Waals surface area contributed by atoms with Crippen LogP contribution in [-0.2, 0) is 50.7 Å². The Labute approximate surface area is 294 Å². The second kappa shape index (κ2) is 16.3. The van der Waals surface area contributed by atoms with Crippen molar-refractivity contribution in [2.45, 2.75) is 63.5 Å². The average molecular weight is 725 g/mol. The van der Waals surface area contributed by atoms with Crippen LogP contribution in [0.15, 0.2) is 73.1 Å². The molecule has 1 fully saturated rings. The highest BCUT2D eigenvalue weighted by Crippen LogP contribution is 2.48. The Morgan fingerprint density at radius 2 is 1.76 bits per heavy atom. The van der Waals surface area contributed by atoms with Gasteiger partial charge in [-0.2, -0.15) is 10.2 Å². The maximum absolute atomic E-state index is 14.1. The quantitative estimate of drug-likeness (QED) is 0.0890. The monoisotopic (exact) mass is 724 g/mol. The third kappa shape index (κ3) is 9.61. The summed E-state index contributed by atoms with van der Waals surface area (Å²) in [4.78, 5) is 41.2. The first-order valence-corrected chi connectivity index (χ1v) is 17.6. The number of nitrogens with one attached hydrogen (secondary N) is 2. The summed E-state index contributed by atoms with van der Waals surface area (Å²) in [5.74, 6) is -0.857. The van der Waals surface area contributed by atoms with Crippen LogP contribution in [-0.4, -0.2) is 71.1 Å². The summed E-state index contributed by atoms with van der Waals surface area (Å²) in [6.45, 7) is 3.18. The summed E-state index contributed by atoms with van der Waals surface area (Å²) in [5.41, 5.74) is 7.97. The summed E-state index contributed by atoms with van der Waals surface area (Å²) in [6, 6.07) is 17.0. The van der Waals surface area contributed by atoms with Crippen LogP contribution in [0.5, 0.6) is 5.75 Å². The molecule has 5 rings (SSSR count). The number of ether oxygens (including phenoxy) is 4. The van der Waals surface area contributed by atoms with E-state index in [2.05, 4.69) is 20.5 Å². The van der Waals surface area contributed by atoms with Crippen molar-refractivity contribution in [2.75, 3.05) is 26.6 Å². The topological polar surface area (TPSA) is 204 Å². The highest BCUT2D eigenvalue weighted by atomic mass is 31.2. The Morgan fingerprint density at radius 1 is 1.04 bits per heavy atom. The summed E-state index contributed by atoms with van der Waals surface area (Å²) >= 11 is 0. The minimum Gasteiger partial charge on any atom is -0.468 e. The number of carbonyl (C=O) groups is 3. The van der Waals surface area contributed by atoms with Crippen LogP contribution in [0.25, 0.3) is 5.52 Å². The van der Waals surface area contributed by atoms with Crippen LogP contribution < -0.4 is 20.7 Å². The fourth-order valence-corrected chi connectivity index (χ4v) is 7.11. The predicted molar refractivity (Wildman–Crippen MR) is 183 cm³/mol. The number of amides is 1. The second-order valence-corrected chi connectivity index (χ2v) is 13.9. The van der Waals surface area contributed by atoms with Crippen LogP contribution >= 0.6 is 7.75 Å². The fraction of sp³-hybridized carbons (Fsp3) is 0.382. The first-order valence-electron chi connectivity index (χ1n) is 16.1. The first kappa shape index (κ1) is 37.2. The molecule has 2 aromatic heterocycles. The van der Waals surface area contributed by atoms with Gasteiger partial charge in [-0.05, 0) is 62.1 Å². The summed E-state index contributed by atoms with van der Waals surface area (Å²) < 4.78 is 48.9. The molecule has 272 valence electrons. The number of benzene rings is 2. The lowest BCUT2D eigenvalue weighted by molar-refractivity contribution is -0.143. The van der Waals surface area contributed by atoms with Crippen molar-refractivity contribution in [3.63, 3.8) is 0 Å². The van der Waals surface area contributed by atoms with Gasteiger partial charge in [-0.25, -0.2) is 23.7 Å². The van der Waals surface area contributed by atoms with Gasteiger partial charge in [0.05, 0.1) is 32.1 Å². The van der Waals surface area contributed by atoms with E-state index < -0.39 is 43.5 Å². The molecule has 16 nitrogen and oxygen atoms in total. The molecule has 1 saturated heterocycles. The van der Waals surface area contributed by atoms with Crippen LogP contribution in [0, 0.1) is 0 Å². The van der Waals surface area contributed by atoms with E-state index in [0.717, 1.165) is 11.3 Å². The number of nitrogens with zero attached hydrogens (tertiary/aromatic N) is 3. The van der Waals surface area contributed by atoms with Crippen LogP contribution in [0.3, 0.4) is 0 Å². The Balaban J connectivity index is 1.24. The molecule has 1 amide bonds. The molecule has 17 heteroatoms. The van der Waals surface area contributed by atoms with Gasteiger partial charge in [0.2, 0.25) is 0 Å². The van der Waals surface area contributed by atoms with Crippen molar-refractivity contribution in [2.24, 2.45) is 0 Å². The van der Waals surface area contributed by atoms with Crippen molar-refractivity contribution in [1.82, 2.24) is 25.0 Å². The highest BCUT2D eigenvalue weighted by Gasteiger charge is 2.42. The number of anilines is 1. The van der Waals surface area contributed by atoms with E-state index in [1.165, 1.54) is 39.6 Å². The molecule has 1 unspecified atom stereocenters. The molecule has 1 aliphatic heterocycles. The SMILES string of the molecule is COC(=O)[C@H](C)NP(=O)(OC[C@]1(C)CC[C@H](c2ccc3c(N)ncnn23)O1)Oc1ccc(C[C@H](NC(=O)OCc2ccccc2)C(=O)OC)cc1. The number of aromatic nitrogens is 3. The highest BCUT2D eigenvalue weighted by molar-refractivity contribution is 7.52. The van der Waals surface area contributed by atoms with Crippen LogP contribution in [0.1, 0.15) is 49.6 Å². The van der Waals surface area contributed by atoms with E-state index in [1.807, 2.05) is 49.4 Å². The fourth-order valence-electron chi connectivity index (χ4n) is 5.51. The summed E-state index contributed by atoms with van der Waals surface area (Å²) in [7, 11) is -1.79. The molecule has 0 radical (unpaired) electrons. The van der Waals surface area contributed by atoms with Gasteiger partial charge in [0.25, 0.3) is 0 Å². The Hall–Kier alpha value is -5.02. The third-order valence-electron chi connectivity index (χ3n) is 8.23. The van der Waals surface area contributed by atoms with Crippen molar-refractivity contribution in [3.05, 3.63) is 89.9 Å². The number of methoxy groups -OCH3 is 2. The minimum atomic E-state index is -4.22. The molecule has 4 aromatic rings. The molecule has 2 aromatic carbocycles. The van der Waals surface area contributed by atoms with E-state index in [4.69, 9.17) is 33.7 Å². The number of carbonyl (C=O) groups excluding carboxylic acids is 3. The number of alkyl carbamates (subject to hydrolysis) is 1. The molecule has 51 heavy (non-hydrogen) atoms. The number of rotatable bonds is 15. The largest absolute Gasteiger partial charge is 0.468 e. The van der Waals surface area contributed by atoms with Gasteiger partial charge < -0.3 is 34.5 Å². The minimum absolute atomic E-state index is 0.0264.